The second-order valence-electron chi connectivity index (χ2n) is 4.78. The second kappa shape index (κ2) is 6.56. The van der Waals surface area contributed by atoms with Crippen molar-refractivity contribution in [1.82, 2.24) is 15.0 Å². The van der Waals surface area contributed by atoms with Crippen molar-refractivity contribution in [3.8, 4) is 0 Å². The number of halogens is 2. The van der Waals surface area contributed by atoms with Crippen molar-refractivity contribution in [1.29, 1.82) is 0 Å². The minimum absolute atomic E-state index is 0.468. The van der Waals surface area contributed by atoms with E-state index in [9.17, 15) is 8.78 Å². The summed E-state index contributed by atoms with van der Waals surface area (Å²) in [4.78, 5) is 6.16. The van der Waals surface area contributed by atoms with E-state index in [1.807, 2.05) is 18.9 Å². The molecule has 2 rings (SSSR count). The molecule has 0 bridgehead atoms. The van der Waals surface area contributed by atoms with Gasteiger partial charge in [0.15, 0.2) is 17.5 Å². The number of nitrogens with zero attached hydrogens (tertiary/aromatic N) is 3. The Morgan fingerprint density at radius 1 is 1.20 bits per heavy atom. The summed E-state index contributed by atoms with van der Waals surface area (Å²) in [5.41, 5.74) is 0.694. The summed E-state index contributed by atoms with van der Waals surface area (Å²) in [5, 5.41) is 3.87. The fourth-order valence-corrected chi connectivity index (χ4v) is 1.92. The Kier molecular flexibility index (Phi) is 4.79. The Bertz CT molecular complexity index is 571. The van der Waals surface area contributed by atoms with Gasteiger partial charge < -0.3 is 4.52 Å². The van der Waals surface area contributed by atoms with E-state index in [0.717, 1.165) is 18.9 Å². The largest absolute Gasteiger partial charge is 0.338 e. The molecule has 108 valence electrons. The summed E-state index contributed by atoms with van der Waals surface area (Å²) in [6.45, 7) is 2.99. The van der Waals surface area contributed by atoms with E-state index in [2.05, 4.69) is 10.1 Å². The molecule has 0 radical (unpaired) electrons. The van der Waals surface area contributed by atoms with Gasteiger partial charge in [0, 0.05) is 13.0 Å². The van der Waals surface area contributed by atoms with Crippen LogP contribution in [0.2, 0.25) is 0 Å². The number of hydrogen-bond donors (Lipinski definition) is 0. The van der Waals surface area contributed by atoms with Gasteiger partial charge in [-0.1, -0.05) is 18.1 Å². The van der Waals surface area contributed by atoms with Crippen LogP contribution >= 0.6 is 0 Å². The summed E-state index contributed by atoms with van der Waals surface area (Å²) >= 11 is 0. The van der Waals surface area contributed by atoms with Crippen LogP contribution in [0.15, 0.2) is 22.7 Å². The standard InChI is InChI=1S/C14H17F2N3O/c1-3-4-13-17-14(20-18-13)9-19(2)8-10-5-6-11(15)12(16)7-10/h5-7H,3-4,8-9H2,1-2H3. The molecule has 0 atom stereocenters. The average Bonchev–Trinajstić information content (AvgIpc) is 2.81. The molecule has 0 fully saturated rings. The second-order valence-corrected chi connectivity index (χ2v) is 4.78. The van der Waals surface area contributed by atoms with Gasteiger partial charge in [-0.2, -0.15) is 4.98 Å². The van der Waals surface area contributed by atoms with Crippen molar-refractivity contribution < 1.29 is 13.3 Å². The minimum atomic E-state index is -0.836. The van der Waals surface area contributed by atoms with Crippen molar-refractivity contribution in [3.05, 3.63) is 47.1 Å². The Morgan fingerprint density at radius 3 is 2.70 bits per heavy atom. The van der Waals surface area contributed by atoms with Crippen molar-refractivity contribution in [2.45, 2.75) is 32.9 Å². The molecule has 0 spiro atoms. The lowest BCUT2D eigenvalue weighted by Crippen LogP contribution is -2.17. The highest BCUT2D eigenvalue weighted by molar-refractivity contribution is 5.17. The van der Waals surface area contributed by atoms with Crippen molar-refractivity contribution in [3.63, 3.8) is 0 Å². The molecule has 0 amide bonds. The van der Waals surface area contributed by atoms with Crippen LogP contribution in [-0.2, 0) is 19.5 Å². The van der Waals surface area contributed by atoms with Crippen LogP contribution in [0.5, 0.6) is 0 Å². The third-order valence-electron chi connectivity index (χ3n) is 2.83. The van der Waals surface area contributed by atoms with Gasteiger partial charge >= 0.3 is 0 Å². The van der Waals surface area contributed by atoms with E-state index < -0.39 is 11.6 Å². The number of aryl methyl sites for hydroxylation is 1. The summed E-state index contributed by atoms with van der Waals surface area (Å²) in [6.07, 6.45) is 1.75. The molecule has 1 heterocycles. The average molecular weight is 281 g/mol. The third-order valence-corrected chi connectivity index (χ3v) is 2.83. The fourth-order valence-electron chi connectivity index (χ4n) is 1.92. The maximum atomic E-state index is 13.1. The van der Waals surface area contributed by atoms with Crippen molar-refractivity contribution in [2.24, 2.45) is 0 Å². The topological polar surface area (TPSA) is 42.2 Å². The first kappa shape index (κ1) is 14.6. The van der Waals surface area contributed by atoms with Gasteiger partial charge in [-0.3, -0.25) is 4.90 Å². The molecule has 0 saturated heterocycles. The predicted molar refractivity (Wildman–Crippen MR) is 69.8 cm³/mol. The van der Waals surface area contributed by atoms with E-state index in [-0.39, 0.29) is 0 Å². The molecule has 1 aromatic heterocycles. The highest BCUT2D eigenvalue weighted by atomic mass is 19.2. The lowest BCUT2D eigenvalue weighted by molar-refractivity contribution is 0.260. The van der Waals surface area contributed by atoms with Gasteiger partial charge in [-0.05, 0) is 31.2 Å². The molecular weight excluding hydrogens is 264 g/mol. The van der Waals surface area contributed by atoms with Crippen LogP contribution in [-0.4, -0.2) is 22.1 Å². The zero-order valence-corrected chi connectivity index (χ0v) is 11.6. The summed E-state index contributed by atoms with van der Waals surface area (Å²) in [5.74, 6) is -0.446. The van der Waals surface area contributed by atoms with Gasteiger partial charge in [-0.15, -0.1) is 0 Å². The molecule has 0 aliphatic heterocycles. The van der Waals surface area contributed by atoms with Crippen LogP contribution in [0, 0.1) is 11.6 Å². The highest BCUT2D eigenvalue weighted by Gasteiger charge is 2.10. The lowest BCUT2D eigenvalue weighted by atomic mass is 10.2. The van der Waals surface area contributed by atoms with Gasteiger partial charge in [0.2, 0.25) is 5.89 Å². The number of aromatic nitrogens is 2. The molecule has 0 N–H and O–H groups in total. The normalized spacial score (nSPS) is 11.2. The minimum Gasteiger partial charge on any atom is -0.338 e. The van der Waals surface area contributed by atoms with Crippen molar-refractivity contribution >= 4 is 0 Å². The van der Waals surface area contributed by atoms with E-state index in [1.165, 1.54) is 6.07 Å². The lowest BCUT2D eigenvalue weighted by Gasteiger charge is -2.14. The highest BCUT2D eigenvalue weighted by Crippen LogP contribution is 2.12. The molecule has 2 aromatic rings. The monoisotopic (exact) mass is 281 g/mol. The molecule has 1 aromatic carbocycles. The third kappa shape index (κ3) is 3.84. The van der Waals surface area contributed by atoms with Crippen LogP contribution in [0.1, 0.15) is 30.6 Å². The molecule has 20 heavy (non-hydrogen) atoms. The van der Waals surface area contributed by atoms with Gasteiger partial charge in [0.1, 0.15) is 0 Å². The number of rotatable bonds is 6. The Hall–Kier alpha value is -1.82. The van der Waals surface area contributed by atoms with Crippen LogP contribution in [0.25, 0.3) is 0 Å². The quantitative estimate of drug-likeness (QED) is 0.816. The van der Waals surface area contributed by atoms with E-state index >= 15 is 0 Å². The van der Waals surface area contributed by atoms with Gasteiger partial charge in [-0.25, -0.2) is 8.78 Å². The number of benzene rings is 1. The molecule has 0 aliphatic carbocycles. The van der Waals surface area contributed by atoms with Crippen LogP contribution in [0.4, 0.5) is 8.78 Å². The Balaban J connectivity index is 1.93. The zero-order chi connectivity index (χ0) is 14.5. The van der Waals surface area contributed by atoms with E-state index in [4.69, 9.17) is 4.52 Å². The Morgan fingerprint density at radius 2 is 2.00 bits per heavy atom. The van der Waals surface area contributed by atoms with Crippen LogP contribution < -0.4 is 0 Å². The van der Waals surface area contributed by atoms with Crippen molar-refractivity contribution in [2.75, 3.05) is 7.05 Å². The first-order valence-corrected chi connectivity index (χ1v) is 6.52. The summed E-state index contributed by atoms with van der Waals surface area (Å²) < 4.78 is 31.1. The van der Waals surface area contributed by atoms with E-state index in [0.29, 0.717) is 30.4 Å². The van der Waals surface area contributed by atoms with Crippen LogP contribution in [0.3, 0.4) is 0 Å². The Labute approximate surface area is 116 Å². The van der Waals surface area contributed by atoms with Gasteiger partial charge in [0.05, 0.1) is 6.54 Å². The molecule has 0 aliphatic rings. The fraction of sp³-hybridized carbons (Fsp3) is 0.429. The van der Waals surface area contributed by atoms with Gasteiger partial charge in [0.25, 0.3) is 0 Å². The van der Waals surface area contributed by atoms with E-state index in [1.54, 1.807) is 6.07 Å². The molecular formula is C14H17F2N3O. The number of hydrogen-bond acceptors (Lipinski definition) is 4. The molecule has 0 saturated carbocycles. The smallest absolute Gasteiger partial charge is 0.240 e. The maximum Gasteiger partial charge on any atom is 0.240 e. The zero-order valence-electron chi connectivity index (χ0n) is 11.6. The molecule has 0 unspecified atom stereocenters. The molecule has 4 nitrogen and oxygen atoms in total. The first-order valence-electron chi connectivity index (χ1n) is 6.52. The first-order chi connectivity index (χ1) is 9.58. The predicted octanol–water partition coefficient (Wildman–Crippen LogP) is 2.93. The molecule has 6 heteroatoms. The maximum absolute atomic E-state index is 13.1. The summed E-state index contributed by atoms with van der Waals surface area (Å²) in [6, 6.07) is 3.89. The SMILES string of the molecule is CCCc1noc(CN(C)Cc2ccc(F)c(F)c2)n1. The summed E-state index contributed by atoms with van der Waals surface area (Å²) in [7, 11) is 1.85.